The van der Waals surface area contributed by atoms with E-state index in [-0.39, 0.29) is 23.8 Å². The van der Waals surface area contributed by atoms with Crippen LogP contribution in [0.5, 0.6) is 5.75 Å². The first-order chi connectivity index (χ1) is 12.0. The summed E-state index contributed by atoms with van der Waals surface area (Å²) in [5.74, 6) is -2.12. The smallest absolute Gasteiger partial charge is 0.275 e. The molecule has 0 saturated heterocycles. The van der Waals surface area contributed by atoms with Crippen LogP contribution in [0, 0.1) is 17.5 Å². The molecule has 0 aliphatic carbocycles. The molecule has 3 aromatic rings. The molecule has 1 heterocycles. The molecule has 0 spiro atoms. The molecule has 0 unspecified atom stereocenters. The summed E-state index contributed by atoms with van der Waals surface area (Å²) >= 11 is 1.19. The monoisotopic (exact) mass is 364 g/mol. The van der Waals surface area contributed by atoms with Crippen molar-refractivity contribution in [1.29, 1.82) is 0 Å². The molecule has 0 aliphatic heterocycles. The van der Waals surface area contributed by atoms with Crippen LogP contribution in [-0.4, -0.2) is 10.9 Å². The molecule has 4 nitrogen and oxygen atoms in total. The summed E-state index contributed by atoms with van der Waals surface area (Å²) in [5, 5.41) is 4.35. The molecule has 0 saturated carbocycles. The number of rotatable bonds is 5. The third-order valence-electron chi connectivity index (χ3n) is 3.14. The van der Waals surface area contributed by atoms with E-state index in [1.807, 2.05) is 0 Å². The van der Waals surface area contributed by atoms with E-state index in [1.54, 1.807) is 0 Å². The Morgan fingerprint density at radius 3 is 2.52 bits per heavy atom. The number of amides is 1. The number of benzene rings is 2. The molecule has 1 amide bonds. The largest absolute Gasteiger partial charge is 0.486 e. The highest BCUT2D eigenvalue weighted by molar-refractivity contribution is 7.09. The Morgan fingerprint density at radius 1 is 1.08 bits per heavy atom. The third kappa shape index (κ3) is 4.36. The van der Waals surface area contributed by atoms with Crippen LogP contribution in [0.4, 0.5) is 18.9 Å². The van der Waals surface area contributed by atoms with E-state index >= 15 is 0 Å². The van der Waals surface area contributed by atoms with Crippen LogP contribution in [-0.2, 0) is 6.61 Å². The van der Waals surface area contributed by atoms with Gasteiger partial charge in [0.05, 0.1) is 5.69 Å². The van der Waals surface area contributed by atoms with E-state index in [0.717, 1.165) is 12.1 Å². The van der Waals surface area contributed by atoms with Crippen LogP contribution < -0.4 is 10.1 Å². The van der Waals surface area contributed by atoms with E-state index in [9.17, 15) is 18.0 Å². The SMILES string of the molecule is O=C(Nc1ccc(F)cc1F)c1csc(COc2ccc(F)cc2)n1. The number of aromatic nitrogens is 1. The highest BCUT2D eigenvalue weighted by Crippen LogP contribution is 2.19. The second-order valence-corrected chi connectivity index (χ2v) is 5.89. The van der Waals surface area contributed by atoms with E-state index in [1.165, 1.54) is 41.0 Å². The Hall–Kier alpha value is -2.87. The lowest BCUT2D eigenvalue weighted by molar-refractivity contribution is 0.102. The molecule has 128 valence electrons. The number of nitrogens with one attached hydrogen (secondary N) is 1. The van der Waals surface area contributed by atoms with Gasteiger partial charge in [-0.3, -0.25) is 4.79 Å². The van der Waals surface area contributed by atoms with Gasteiger partial charge in [-0.2, -0.15) is 0 Å². The number of thiazole rings is 1. The molecule has 0 atom stereocenters. The van der Waals surface area contributed by atoms with Gasteiger partial charge in [-0.1, -0.05) is 0 Å². The molecule has 1 N–H and O–H groups in total. The predicted molar refractivity (Wildman–Crippen MR) is 87.2 cm³/mol. The number of nitrogens with zero attached hydrogens (tertiary/aromatic N) is 1. The summed E-state index contributed by atoms with van der Waals surface area (Å²) in [5.41, 5.74) is -0.0463. The van der Waals surface area contributed by atoms with Crippen LogP contribution >= 0.6 is 11.3 Å². The number of ether oxygens (including phenoxy) is 1. The highest BCUT2D eigenvalue weighted by Gasteiger charge is 2.14. The normalized spacial score (nSPS) is 10.5. The second kappa shape index (κ2) is 7.35. The zero-order valence-corrected chi connectivity index (χ0v) is 13.4. The summed E-state index contributed by atoms with van der Waals surface area (Å²) < 4.78 is 44.7. The van der Waals surface area contributed by atoms with Crippen molar-refractivity contribution in [1.82, 2.24) is 4.98 Å². The molecule has 0 bridgehead atoms. The van der Waals surface area contributed by atoms with Crippen molar-refractivity contribution in [3.63, 3.8) is 0 Å². The molecule has 0 fully saturated rings. The second-order valence-electron chi connectivity index (χ2n) is 4.95. The number of anilines is 1. The van der Waals surface area contributed by atoms with Crippen LogP contribution in [0.2, 0.25) is 0 Å². The third-order valence-corrected chi connectivity index (χ3v) is 3.96. The van der Waals surface area contributed by atoms with Gasteiger partial charge in [0, 0.05) is 11.4 Å². The van der Waals surface area contributed by atoms with Gasteiger partial charge in [-0.25, -0.2) is 18.2 Å². The summed E-state index contributed by atoms with van der Waals surface area (Å²) in [6.07, 6.45) is 0. The quantitative estimate of drug-likeness (QED) is 0.730. The van der Waals surface area contributed by atoms with Crippen LogP contribution in [0.3, 0.4) is 0 Å². The number of carbonyl (C=O) groups excluding carboxylic acids is 1. The van der Waals surface area contributed by atoms with Crippen molar-refractivity contribution in [2.45, 2.75) is 6.61 Å². The predicted octanol–water partition coefficient (Wildman–Crippen LogP) is 4.39. The number of halogens is 3. The number of hydrogen-bond donors (Lipinski definition) is 1. The summed E-state index contributed by atoms with van der Waals surface area (Å²) in [4.78, 5) is 16.2. The average Bonchev–Trinajstić information content (AvgIpc) is 3.06. The Labute approximate surface area is 144 Å². The maximum atomic E-state index is 13.5. The van der Waals surface area contributed by atoms with Crippen molar-refractivity contribution in [3.05, 3.63) is 76.0 Å². The molecule has 8 heteroatoms. The van der Waals surface area contributed by atoms with Gasteiger partial charge in [0.2, 0.25) is 0 Å². The van der Waals surface area contributed by atoms with Gasteiger partial charge in [-0.15, -0.1) is 11.3 Å². The maximum Gasteiger partial charge on any atom is 0.275 e. The van der Waals surface area contributed by atoms with Crippen molar-refractivity contribution in [2.75, 3.05) is 5.32 Å². The van der Waals surface area contributed by atoms with Crippen molar-refractivity contribution in [2.24, 2.45) is 0 Å². The Balaban J connectivity index is 1.62. The summed E-state index contributed by atoms with van der Waals surface area (Å²) in [7, 11) is 0. The van der Waals surface area contributed by atoms with Gasteiger partial charge in [-0.05, 0) is 36.4 Å². The Morgan fingerprint density at radius 2 is 1.80 bits per heavy atom. The van der Waals surface area contributed by atoms with E-state index in [0.29, 0.717) is 16.8 Å². The zero-order valence-electron chi connectivity index (χ0n) is 12.6. The minimum absolute atomic E-state index is 0.0893. The number of carbonyl (C=O) groups is 1. The van der Waals surface area contributed by atoms with E-state index < -0.39 is 17.5 Å². The molecular formula is C17H11F3N2O2S. The van der Waals surface area contributed by atoms with E-state index in [4.69, 9.17) is 4.74 Å². The van der Waals surface area contributed by atoms with Crippen LogP contribution in [0.15, 0.2) is 47.8 Å². The van der Waals surface area contributed by atoms with Gasteiger partial charge < -0.3 is 10.1 Å². The first-order valence-corrected chi connectivity index (χ1v) is 7.98. The average molecular weight is 364 g/mol. The Kier molecular flexibility index (Phi) is 4.99. The van der Waals surface area contributed by atoms with Crippen LogP contribution in [0.25, 0.3) is 0 Å². The molecule has 0 aliphatic rings. The standard InChI is InChI=1S/C17H11F3N2O2S/c18-10-1-4-12(5-2-10)24-8-16-21-15(9-25-16)17(23)22-14-6-3-11(19)7-13(14)20/h1-7,9H,8H2,(H,22,23). The fourth-order valence-corrected chi connectivity index (χ4v) is 2.62. The lowest BCUT2D eigenvalue weighted by atomic mass is 10.3. The highest BCUT2D eigenvalue weighted by atomic mass is 32.1. The van der Waals surface area contributed by atoms with Crippen LogP contribution in [0.1, 0.15) is 15.5 Å². The molecule has 2 aromatic carbocycles. The lowest BCUT2D eigenvalue weighted by Crippen LogP contribution is -2.13. The van der Waals surface area contributed by atoms with Gasteiger partial charge >= 0.3 is 0 Å². The fourth-order valence-electron chi connectivity index (χ4n) is 1.93. The molecule has 1 aromatic heterocycles. The zero-order chi connectivity index (χ0) is 17.8. The molecule has 25 heavy (non-hydrogen) atoms. The van der Waals surface area contributed by atoms with E-state index in [2.05, 4.69) is 10.3 Å². The maximum absolute atomic E-state index is 13.5. The minimum Gasteiger partial charge on any atom is -0.486 e. The van der Waals surface area contributed by atoms with Crippen molar-refractivity contribution >= 4 is 22.9 Å². The fraction of sp³-hybridized carbons (Fsp3) is 0.0588. The topological polar surface area (TPSA) is 51.2 Å². The first-order valence-electron chi connectivity index (χ1n) is 7.10. The summed E-state index contributed by atoms with van der Waals surface area (Å²) in [6, 6.07) is 8.36. The lowest BCUT2D eigenvalue weighted by Gasteiger charge is -2.05. The molecule has 3 rings (SSSR count). The minimum atomic E-state index is -0.872. The van der Waals surface area contributed by atoms with Crippen molar-refractivity contribution in [3.8, 4) is 5.75 Å². The summed E-state index contributed by atoms with van der Waals surface area (Å²) in [6.45, 7) is 0.106. The first kappa shape index (κ1) is 17.0. The molecular weight excluding hydrogens is 353 g/mol. The van der Waals surface area contributed by atoms with Gasteiger partial charge in [0.1, 0.15) is 40.5 Å². The van der Waals surface area contributed by atoms with Crippen molar-refractivity contribution < 1.29 is 22.7 Å². The Bertz CT molecular complexity index is 897. The number of hydrogen-bond acceptors (Lipinski definition) is 4. The van der Waals surface area contributed by atoms with Gasteiger partial charge in [0.15, 0.2) is 0 Å². The van der Waals surface area contributed by atoms with Gasteiger partial charge in [0.25, 0.3) is 5.91 Å². The molecule has 0 radical (unpaired) electrons.